The van der Waals surface area contributed by atoms with E-state index in [0.717, 1.165) is 37.6 Å². The average molecular weight is 264 g/mol. The highest BCUT2D eigenvalue weighted by molar-refractivity contribution is 5.05. The molecule has 1 aromatic heterocycles. The number of fused-ring (bicyclic) bond motifs is 1. The molecule has 1 aromatic rings. The van der Waals surface area contributed by atoms with Crippen molar-refractivity contribution in [2.45, 2.75) is 64.1 Å². The summed E-state index contributed by atoms with van der Waals surface area (Å²) in [6, 6.07) is 0.589. The predicted octanol–water partition coefficient (Wildman–Crippen LogP) is 1.69. The second-order valence-corrected chi connectivity index (χ2v) is 6.14. The maximum Gasteiger partial charge on any atom is 0.156 e. The largest absolute Gasteiger partial charge is 0.385 e. The monoisotopic (exact) mass is 264 g/mol. The molecular formula is C14H24N4O. The summed E-state index contributed by atoms with van der Waals surface area (Å²) in [5.74, 6) is 2.16. The smallest absolute Gasteiger partial charge is 0.156 e. The third-order valence-corrected chi connectivity index (χ3v) is 4.41. The van der Waals surface area contributed by atoms with E-state index in [4.69, 9.17) is 0 Å². The van der Waals surface area contributed by atoms with Gasteiger partial charge < -0.3 is 10.0 Å². The average Bonchev–Trinajstić information content (AvgIpc) is 2.84. The van der Waals surface area contributed by atoms with Crippen molar-refractivity contribution in [3.8, 4) is 0 Å². The molecule has 5 heteroatoms. The van der Waals surface area contributed by atoms with Crippen LogP contribution >= 0.6 is 0 Å². The summed E-state index contributed by atoms with van der Waals surface area (Å²) in [6.07, 6.45) is 3.79. The highest BCUT2D eigenvalue weighted by Gasteiger charge is 2.29. The van der Waals surface area contributed by atoms with Crippen molar-refractivity contribution in [3.63, 3.8) is 0 Å². The molecule has 3 heterocycles. The van der Waals surface area contributed by atoms with Gasteiger partial charge >= 0.3 is 0 Å². The Balaban J connectivity index is 1.78. The van der Waals surface area contributed by atoms with E-state index in [1.807, 2.05) is 4.68 Å². The lowest BCUT2D eigenvalue weighted by Gasteiger charge is -2.34. The normalized spacial score (nSPS) is 28.6. The first-order valence-corrected chi connectivity index (χ1v) is 7.52. The van der Waals surface area contributed by atoms with Crippen molar-refractivity contribution in [2.24, 2.45) is 0 Å². The van der Waals surface area contributed by atoms with Gasteiger partial charge in [0.05, 0.1) is 0 Å². The number of aryl methyl sites for hydroxylation is 1. The van der Waals surface area contributed by atoms with Crippen LogP contribution in [0.5, 0.6) is 0 Å². The van der Waals surface area contributed by atoms with Gasteiger partial charge in [0.1, 0.15) is 6.10 Å². The molecule has 0 aliphatic carbocycles. The summed E-state index contributed by atoms with van der Waals surface area (Å²) in [6.45, 7) is 7.64. The molecule has 0 spiro atoms. The molecule has 0 saturated carbocycles. The van der Waals surface area contributed by atoms with Gasteiger partial charge in [-0.05, 0) is 46.1 Å². The number of piperidine rings is 1. The molecule has 0 amide bonds. The Labute approximate surface area is 114 Å². The van der Waals surface area contributed by atoms with Crippen LogP contribution in [0.2, 0.25) is 0 Å². The van der Waals surface area contributed by atoms with Crippen LogP contribution < -0.4 is 0 Å². The van der Waals surface area contributed by atoms with Crippen LogP contribution in [0.25, 0.3) is 0 Å². The Kier molecular flexibility index (Phi) is 3.58. The third kappa shape index (κ3) is 2.54. The molecule has 2 aliphatic heterocycles. The minimum atomic E-state index is -0.417. The zero-order valence-corrected chi connectivity index (χ0v) is 11.9. The summed E-state index contributed by atoms with van der Waals surface area (Å²) in [4.78, 5) is 7.13. The van der Waals surface area contributed by atoms with E-state index in [-0.39, 0.29) is 0 Å². The Bertz CT molecular complexity index is 443. The van der Waals surface area contributed by atoms with Crippen molar-refractivity contribution in [2.75, 3.05) is 13.1 Å². The summed E-state index contributed by atoms with van der Waals surface area (Å²) < 4.78 is 1.91. The molecule has 106 valence electrons. The van der Waals surface area contributed by atoms with Gasteiger partial charge in [-0.25, -0.2) is 9.67 Å². The Morgan fingerprint density at radius 2 is 2.00 bits per heavy atom. The fourth-order valence-electron chi connectivity index (χ4n) is 3.21. The highest BCUT2D eigenvalue weighted by Crippen LogP contribution is 2.29. The van der Waals surface area contributed by atoms with Crippen LogP contribution in [0.4, 0.5) is 0 Å². The number of aromatic nitrogens is 3. The van der Waals surface area contributed by atoms with Gasteiger partial charge in [0, 0.05) is 25.0 Å². The van der Waals surface area contributed by atoms with Crippen molar-refractivity contribution >= 4 is 0 Å². The topological polar surface area (TPSA) is 54.2 Å². The summed E-state index contributed by atoms with van der Waals surface area (Å²) in [5, 5.41) is 14.6. The number of nitrogens with zero attached hydrogens (tertiary/aromatic N) is 4. The second-order valence-electron chi connectivity index (χ2n) is 6.14. The predicted molar refractivity (Wildman–Crippen MR) is 72.9 cm³/mol. The van der Waals surface area contributed by atoms with Gasteiger partial charge in [-0.1, -0.05) is 0 Å². The Morgan fingerprint density at radius 1 is 1.21 bits per heavy atom. The van der Waals surface area contributed by atoms with E-state index in [1.165, 1.54) is 19.4 Å². The van der Waals surface area contributed by atoms with E-state index in [2.05, 4.69) is 28.8 Å². The fourth-order valence-corrected chi connectivity index (χ4v) is 3.21. The number of aliphatic hydroxyl groups excluding tert-OH is 1. The van der Waals surface area contributed by atoms with Crippen molar-refractivity contribution < 1.29 is 5.11 Å². The molecular weight excluding hydrogens is 240 g/mol. The van der Waals surface area contributed by atoms with Crippen molar-refractivity contribution in [1.29, 1.82) is 0 Å². The van der Waals surface area contributed by atoms with Crippen LogP contribution in [-0.4, -0.2) is 43.9 Å². The zero-order chi connectivity index (χ0) is 13.4. The molecule has 1 fully saturated rings. The molecule has 2 unspecified atom stereocenters. The summed E-state index contributed by atoms with van der Waals surface area (Å²) in [5.41, 5.74) is 0. The third-order valence-electron chi connectivity index (χ3n) is 4.41. The Hall–Kier alpha value is -0.940. The maximum absolute atomic E-state index is 9.98. The van der Waals surface area contributed by atoms with Gasteiger partial charge in [-0.3, -0.25) is 0 Å². The molecule has 1 N–H and O–H groups in total. The first kappa shape index (κ1) is 13.1. The lowest BCUT2D eigenvalue weighted by atomic mass is 9.96. The molecule has 0 bridgehead atoms. The molecule has 19 heavy (non-hydrogen) atoms. The number of rotatable bonds is 2. The van der Waals surface area contributed by atoms with E-state index in [0.29, 0.717) is 12.0 Å². The number of aliphatic hydroxyl groups is 1. The molecule has 0 radical (unpaired) electrons. The van der Waals surface area contributed by atoms with Crippen molar-refractivity contribution in [3.05, 3.63) is 11.6 Å². The summed E-state index contributed by atoms with van der Waals surface area (Å²) in [7, 11) is 0. The van der Waals surface area contributed by atoms with Crippen molar-refractivity contribution in [1.82, 2.24) is 19.7 Å². The minimum Gasteiger partial charge on any atom is -0.385 e. The maximum atomic E-state index is 9.98. The molecule has 3 rings (SSSR count). The molecule has 0 aromatic carbocycles. The van der Waals surface area contributed by atoms with Crippen LogP contribution in [0.3, 0.4) is 0 Å². The fraction of sp³-hybridized carbons (Fsp3) is 0.857. The quantitative estimate of drug-likeness (QED) is 0.883. The van der Waals surface area contributed by atoms with E-state index in [9.17, 15) is 5.11 Å². The number of likely N-dealkylation sites (tertiary alicyclic amines) is 1. The number of hydrogen-bond acceptors (Lipinski definition) is 4. The van der Waals surface area contributed by atoms with Crippen LogP contribution in [0, 0.1) is 0 Å². The molecule has 5 nitrogen and oxygen atoms in total. The van der Waals surface area contributed by atoms with Gasteiger partial charge in [0.25, 0.3) is 0 Å². The Morgan fingerprint density at radius 3 is 2.74 bits per heavy atom. The second kappa shape index (κ2) is 5.21. The van der Waals surface area contributed by atoms with Gasteiger partial charge in [-0.15, -0.1) is 0 Å². The van der Waals surface area contributed by atoms with Gasteiger partial charge in [0.2, 0.25) is 0 Å². The van der Waals surface area contributed by atoms with E-state index < -0.39 is 6.10 Å². The SMILES string of the molecule is CC(C)N1CCCC(c2nc3n(n2)CCCC3O)C1. The lowest BCUT2D eigenvalue weighted by Crippen LogP contribution is -2.39. The highest BCUT2D eigenvalue weighted by atomic mass is 16.3. The number of hydrogen-bond donors (Lipinski definition) is 1. The van der Waals surface area contributed by atoms with Crippen LogP contribution in [-0.2, 0) is 6.54 Å². The molecule has 2 atom stereocenters. The van der Waals surface area contributed by atoms with Crippen LogP contribution in [0.1, 0.15) is 63.2 Å². The summed E-state index contributed by atoms with van der Waals surface area (Å²) >= 11 is 0. The van der Waals surface area contributed by atoms with E-state index >= 15 is 0 Å². The minimum absolute atomic E-state index is 0.417. The molecule has 2 aliphatic rings. The van der Waals surface area contributed by atoms with Crippen LogP contribution in [0.15, 0.2) is 0 Å². The first-order valence-electron chi connectivity index (χ1n) is 7.52. The van der Waals surface area contributed by atoms with Gasteiger partial charge in [-0.2, -0.15) is 5.10 Å². The first-order chi connectivity index (χ1) is 9.15. The zero-order valence-electron chi connectivity index (χ0n) is 11.9. The lowest BCUT2D eigenvalue weighted by molar-refractivity contribution is 0.130. The molecule has 1 saturated heterocycles. The van der Waals surface area contributed by atoms with E-state index in [1.54, 1.807) is 0 Å². The standard InChI is InChI=1S/C14H24N4O/c1-10(2)17-7-3-5-11(9-17)13-15-14-12(19)6-4-8-18(14)16-13/h10-12,19H,3-9H2,1-2H3. The van der Waals surface area contributed by atoms with Gasteiger partial charge in [0.15, 0.2) is 11.6 Å².